The van der Waals surface area contributed by atoms with Crippen LogP contribution in [0.25, 0.3) is 11.1 Å². The third kappa shape index (κ3) is 3.23. The minimum absolute atomic E-state index is 0.185. The van der Waals surface area contributed by atoms with Crippen LogP contribution in [0, 0.1) is 15.2 Å². The molecule has 0 saturated heterocycles. The van der Waals surface area contributed by atoms with Gasteiger partial charge in [0.05, 0.1) is 8.07 Å². The van der Waals surface area contributed by atoms with E-state index in [0.717, 1.165) is 10.8 Å². The van der Waals surface area contributed by atoms with Crippen molar-refractivity contribution in [2.24, 2.45) is 0 Å². The maximum atomic E-state index is 14.2. The van der Waals surface area contributed by atoms with E-state index in [1.807, 2.05) is 40.8 Å². The Morgan fingerprint density at radius 3 is 1.84 bits per heavy atom. The van der Waals surface area contributed by atoms with Gasteiger partial charge in [-0.3, -0.25) is 0 Å². The molecule has 2 rings (SSSR count). The summed E-state index contributed by atoms with van der Waals surface area (Å²) in [5.74, 6) is -0.455. The predicted molar refractivity (Wildman–Crippen MR) is 87.5 cm³/mol. The maximum Gasteiger partial charge on any atom is 0.137 e. The van der Waals surface area contributed by atoms with E-state index in [1.54, 1.807) is 6.07 Å². The van der Waals surface area contributed by atoms with Gasteiger partial charge in [0.1, 0.15) is 11.6 Å². The SMILES string of the molecule is C[Si](C)(C)c1ccc(-c2ccc(I)c(F)c2)cc1F. The second-order valence-corrected chi connectivity index (χ2v) is 11.8. The summed E-state index contributed by atoms with van der Waals surface area (Å²) in [7, 11) is -1.67. The molecular weight excluding hydrogens is 373 g/mol. The maximum absolute atomic E-state index is 14.2. The van der Waals surface area contributed by atoms with Gasteiger partial charge in [-0.1, -0.05) is 37.8 Å². The quantitative estimate of drug-likeness (QED) is 0.513. The summed E-state index contributed by atoms with van der Waals surface area (Å²) < 4.78 is 28.3. The molecule has 19 heavy (non-hydrogen) atoms. The number of benzene rings is 2. The van der Waals surface area contributed by atoms with Crippen LogP contribution in [-0.4, -0.2) is 8.07 Å². The van der Waals surface area contributed by atoms with E-state index in [0.29, 0.717) is 9.13 Å². The van der Waals surface area contributed by atoms with Crippen molar-refractivity contribution in [1.82, 2.24) is 0 Å². The molecule has 0 bridgehead atoms. The summed E-state index contributed by atoms with van der Waals surface area (Å²) in [5.41, 5.74) is 1.42. The molecule has 0 heterocycles. The number of rotatable bonds is 2. The first kappa shape index (κ1) is 14.7. The topological polar surface area (TPSA) is 0 Å². The second kappa shape index (κ2) is 5.32. The summed E-state index contributed by atoms with van der Waals surface area (Å²) in [6.45, 7) is 6.32. The fourth-order valence-corrected chi connectivity index (χ4v) is 3.69. The van der Waals surface area contributed by atoms with Crippen molar-refractivity contribution in [1.29, 1.82) is 0 Å². The number of hydrogen-bond acceptors (Lipinski definition) is 0. The summed E-state index contributed by atoms with van der Waals surface area (Å²) in [6, 6.07) is 10.2. The van der Waals surface area contributed by atoms with E-state index in [2.05, 4.69) is 19.6 Å². The summed E-state index contributed by atoms with van der Waals surface area (Å²) >= 11 is 1.94. The fraction of sp³-hybridized carbons (Fsp3) is 0.200. The molecule has 0 N–H and O–H groups in total. The van der Waals surface area contributed by atoms with Crippen molar-refractivity contribution in [3.05, 3.63) is 51.6 Å². The molecule has 0 radical (unpaired) electrons. The van der Waals surface area contributed by atoms with Crippen LogP contribution in [0.1, 0.15) is 0 Å². The van der Waals surface area contributed by atoms with Gasteiger partial charge in [-0.2, -0.15) is 0 Å². The minimum atomic E-state index is -1.67. The lowest BCUT2D eigenvalue weighted by Crippen LogP contribution is -2.39. The highest BCUT2D eigenvalue weighted by Gasteiger charge is 2.20. The van der Waals surface area contributed by atoms with Gasteiger partial charge in [0.2, 0.25) is 0 Å². The minimum Gasteiger partial charge on any atom is -0.207 e. The Bertz CT molecular complexity index is 618. The van der Waals surface area contributed by atoms with Gasteiger partial charge in [0, 0.05) is 3.57 Å². The molecule has 0 aliphatic heterocycles. The van der Waals surface area contributed by atoms with Crippen molar-refractivity contribution in [2.75, 3.05) is 0 Å². The fourth-order valence-electron chi connectivity index (χ4n) is 1.98. The Balaban J connectivity index is 2.47. The molecule has 0 aliphatic rings. The third-order valence-corrected chi connectivity index (χ3v) is 5.93. The van der Waals surface area contributed by atoms with Gasteiger partial charge in [0.15, 0.2) is 0 Å². The Labute approximate surface area is 127 Å². The molecule has 0 nitrogen and oxygen atoms in total. The zero-order chi connectivity index (χ0) is 14.2. The third-order valence-electron chi connectivity index (χ3n) is 3.03. The first-order valence-electron chi connectivity index (χ1n) is 6.04. The Morgan fingerprint density at radius 2 is 1.37 bits per heavy atom. The first-order valence-corrected chi connectivity index (χ1v) is 10.6. The standard InChI is InChI=1S/C15H15F2ISi/c1-19(2,3)15-7-5-11(9-13(15)17)10-4-6-14(18)12(16)8-10/h4-9H,1-3H3. The average molecular weight is 388 g/mol. The highest BCUT2D eigenvalue weighted by Crippen LogP contribution is 2.23. The summed E-state index contributed by atoms with van der Waals surface area (Å²) in [4.78, 5) is 0. The van der Waals surface area contributed by atoms with Crippen LogP contribution < -0.4 is 5.19 Å². The van der Waals surface area contributed by atoms with Crippen molar-refractivity contribution in [2.45, 2.75) is 19.6 Å². The van der Waals surface area contributed by atoms with E-state index in [1.165, 1.54) is 12.1 Å². The van der Waals surface area contributed by atoms with Gasteiger partial charge in [-0.25, -0.2) is 8.78 Å². The van der Waals surface area contributed by atoms with E-state index in [9.17, 15) is 8.78 Å². The van der Waals surface area contributed by atoms with Crippen LogP contribution in [0.3, 0.4) is 0 Å². The van der Waals surface area contributed by atoms with Crippen LogP contribution in [0.2, 0.25) is 19.6 Å². The van der Waals surface area contributed by atoms with E-state index >= 15 is 0 Å². The van der Waals surface area contributed by atoms with Gasteiger partial charge >= 0.3 is 0 Å². The predicted octanol–water partition coefficient (Wildman–Crippen LogP) is 4.78. The first-order chi connectivity index (χ1) is 8.79. The molecule has 0 amide bonds. The largest absolute Gasteiger partial charge is 0.207 e. The van der Waals surface area contributed by atoms with E-state index < -0.39 is 8.07 Å². The zero-order valence-electron chi connectivity index (χ0n) is 11.1. The molecule has 4 heteroatoms. The normalized spacial score (nSPS) is 11.7. The molecule has 0 aromatic heterocycles. The van der Waals surface area contributed by atoms with Crippen molar-refractivity contribution in [3.8, 4) is 11.1 Å². The van der Waals surface area contributed by atoms with Crippen molar-refractivity contribution < 1.29 is 8.78 Å². The van der Waals surface area contributed by atoms with Crippen LogP contribution in [0.15, 0.2) is 36.4 Å². The molecule has 2 aromatic rings. The lowest BCUT2D eigenvalue weighted by Gasteiger charge is -2.18. The molecule has 100 valence electrons. The van der Waals surface area contributed by atoms with Crippen LogP contribution >= 0.6 is 22.6 Å². The molecule has 0 spiro atoms. The van der Waals surface area contributed by atoms with E-state index in [-0.39, 0.29) is 11.6 Å². The number of halogens is 3. The lowest BCUT2D eigenvalue weighted by molar-refractivity contribution is 0.620. The Hall–Kier alpha value is -0.753. The van der Waals surface area contributed by atoms with Crippen LogP contribution in [-0.2, 0) is 0 Å². The van der Waals surface area contributed by atoms with Crippen molar-refractivity contribution >= 4 is 35.9 Å². The molecule has 0 aliphatic carbocycles. The van der Waals surface area contributed by atoms with Crippen LogP contribution in [0.4, 0.5) is 8.78 Å². The lowest BCUT2D eigenvalue weighted by atomic mass is 10.1. The van der Waals surface area contributed by atoms with Gasteiger partial charge in [0.25, 0.3) is 0 Å². The van der Waals surface area contributed by atoms with Gasteiger partial charge < -0.3 is 0 Å². The Morgan fingerprint density at radius 1 is 0.842 bits per heavy atom. The highest BCUT2D eigenvalue weighted by atomic mass is 127. The Kier molecular flexibility index (Phi) is 4.10. The van der Waals surface area contributed by atoms with E-state index in [4.69, 9.17) is 0 Å². The summed E-state index contributed by atoms with van der Waals surface area (Å²) in [5, 5.41) is 0.808. The van der Waals surface area contributed by atoms with Gasteiger partial charge in [-0.05, 0) is 57.1 Å². The molecule has 2 aromatic carbocycles. The zero-order valence-corrected chi connectivity index (χ0v) is 14.3. The monoisotopic (exact) mass is 388 g/mol. The molecule has 0 saturated carbocycles. The molecular formula is C15H15F2ISi. The summed E-state index contributed by atoms with van der Waals surface area (Å²) in [6.07, 6.45) is 0. The smallest absolute Gasteiger partial charge is 0.137 e. The second-order valence-electron chi connectivity index (χ2n) is 5.57. The molecule has 0 fully saturated rings. The number of hydrogen-bond donors (Lipinski definition) is 0. The van der Waals surface area contributed by atoms with Crippen LogP contribution in [0.5, 0.6) is 0 Å². The van der Waals surface area contributed by atoms with Crippen molar-refractivity contribution in [3.63, 3.8) is 0 Å². The van der Waals surface area contributed by atoms with Gasteiger partial charge in [-0.15, -0.1) is 0 Å². The highest BCUT2D eigenvalue weighted by molar-refractivity contribution is 14.1. The average Bonchev–Trinajstić information content (AvgIpc) is 2.31. The molecule has 0 unspecified atom stereocenters. The molecule has 0 atom stereocenters.